The largest absolute Gasteiger partial charge is 0.465 e. The quantitative estimate of drug-likeness (QED) is 0.698. The second kappa shape index (κ2) is 6.29. The molecule has 144 valence electrons. The fourth-order valence-electron chi connectivity index (χ4n) is 3.70. The van der Waals surface area contributed by atoms with Crippen LogP contribution in [0.4, 0.5) is 18.0 Å². The normalized spacial score (nSPS) is 16.1. The first-order valence-electron chi connectivity index (χ1n) is 8.77. The van der Waals surface area contributed by atoms with Crippen LogP contribution >= 0.6 is 0 Å². The highest BCUT2D eigenvalue weighted by Gasteiger charge is 2.55. The van der Waals surface area contributed by atoms with Gasteiger partial charge in [0.25, 0.3) is 0 Å². The number of benzene rings is 2. The molecule has 27 heavy (non-hydrogen) atoms. The molecule has 1 aliphatic carbocycles. The Morgan fingerprint density at radius 2 is 1.37 bits per heavy atom. The number of carboxylic acid groups (broad SMARTS) is 1. The van der Waals surface area contributed by atoms with E-state index in [1.165, 1.54) is 17.0 Å². The maximum absolute atomic E-state index is 12.7. The Hall–Kier alpha value is -2.50. The van der Waals surface area contributed by atoms with Crippen LogP contribution in [0.3, 0.4) is 0 Å². The van der Waals surface area contributed by atoms with Gasteiger partial charge in [-0.15, -0.1) is 0 Å². The molecule has 0 bridgehead atoms. The molecule has 6 heteroatoms. The summed E-state index contributed by atoms with van der Waals surface area (Å²) in [5.41, 5.74) is 0.653. The highest BCUT2D eigenvalue weighted by molar-refractivity contribution is 5.69. The van der Waals surface area contributed by atoms with Gasteiger partial charge in [0.05, 0.1) is 11.1 Å². The minimum Gasteiger partial charge on any atom is -0.465 e. The van der Waals surface area contributed by atoms with Gasteiger partial charge in [0.15, 0.2) is 0 Å². The number of amides is 1. The van der Waals surface area contributed by atoms with Crippen molar-refractivity contribution < 1.29 is 23.1 Å². The predicted molar refractivity (Wildman–Crippen MR) is 97.4 cm³/mol. The van der Waals surface area contributed by atoms with Crippen LogP contribution in [0, 0.1) is 0 Å². The molecule has 1 saturated carbocycles. The van der Waals surface area contributed by atoms with Gasteiger partial charge in [-0.25, -0.2) is 4.79 Å². The number of rotatable bonds is 3. The van der Waals surface area contributed by atoms with E-state index < -0.39 is 28.9 Å². The van der Waals surface area contributed by atoms with Gasteiger partial charge in [-0.3, -0.25) is 4.90 Å². The van der Waals surface area contributed by atoms with Crippen molar-refractivity contribution in [2.75, 3.05) is 0 Å². The molecular weight excluding hydrogens is 355 g/mol. The summed E-state index contributed by atoms with van der Waals surface area (Å²) in [7, 11) is 0. The molecule has 2 aromatic carbocycles. The average molecular weight is 377 g/mol. The maximum atomic E-state index is 12.7. The molecular formula is C21H22F3NO2. The SMILES string of the molecule is CC(C)(C)N(C(=O)O)C1(c2ccc(-c3ccc(C(F)(F)F)cc3)cc2)CC1. The lowest BCUT2D eigenvalue weighted by molar-refractivity contribution is -0.137. The third kappa shape index (κ3) is 3.66. The Morgan fingerprint density at radius 3 is 1.70 bits per heavy atom. The van der Waals surface area contributed by atoms with Crippen LogP contribution in [0.1, 0.15) is 44.7 Å². The van der Waals surface area contributed by atoms with Gasteiger partial charge < -0.3 is 5.11 Å². The minimum atomic E-state index is -4.35. The molecule has 1 fully saturated rings. The fraction of sp³-hybridized carbons (Fsp3) is 0.381. The fourth-order valence-corrected chi connectivity index (χ4v) is 3.70. The summed E-state index contributed by atoms with van der Waals surface area (Å²) in [6.07, 6.45) is -3.78. The van der Waals surface area contributed by atoms with Gasteiger partial charge in [0.1, 0.15) is 0 Å². The monoisotopic (exact) mass is 377 g/mol. The van der Waals surface area contributed by atoms with Crippen molar-refractivity contribution in [1.29, 1.82) is 0 Å². The summed E-state index contributed by atoms with van der Waals surface area (Å²) in [5, 5.41) is 9.70. The Labute approximate surface area is 156 Å². The second-order valence-corrected chi connectivity index (χ2v) is 7.97. The number of alkyl halides is 3. The molecule has 0 saturated heterocycles. The predicted octanol–water partition coefficient (Wildman–Crippen LogP) is 6.14. The summed E-state index contributed by atoms with van der Waals surface area (Å²) in [4.78, 5) is 13.3. The first-order chi connectivity index (χ1) is 12.4. The van der Waals surface area contributed by atoms with Crippen LogP contribution in [0.15, 0.2) is 48.5 Å². The topological polar surface area (TPSA) is 40.5 Å². The van der Waals surface area contributed by atoms with Crippen molar-refractivity contribution in [3.8, 4) is 11.1 Å². The van der Waals surface area contributed by atoms with Gasteiger partial charge in [-0.2, -0.15) is 13.2 Å². The molecule has 2 aromatic rings. The van der Waals surface area contributed by atoms with Crippen LogP contribution in [-0.2, 0) is 11.7 Å². The Bertz CT molecular complexity index is 830. The molecule has 0 aromatic heterocycles. The highest BCUT2D eigenvalue weighted by atomic mass is 19.4. The van der Waals surface area contributed by atoms with Gasteiger partial charge in [0, 0.05) is 5.54 Å². The number of hydrogen-bond donors (Lipinski definition) is 1. The molecule has 0 atom stereocenters. The summed E-state index contributed by atoms with van der Waals surface area (Å²) in [6, 6.07) is 12.5. The number of hydrogen-bond acceptors (Lipinski definition) is 1. The van der Waals surface area contributed by atoms with E-state index in [0.717, 1.165) is 36.1 Å². The van der Waals surface area contributed by atoms with E-state index >= 15 is 0 Å². The van der Waals surface area contributed by atoms with E-state index in [0.29, 0.717) is 5.56 Å². The molecule has 1 N–H and O–H groups in total. The molecule has 0 aliphatic heterocycles. The lowest BCUT2D eigenvalue weighted by Gasteiger charge is -2.40. The Kier molecular flexibility index (Phi) is 4.49. The van der Waals surface area contributed by atoms with E-state index in [-0.39, 0.29) is 0 Å². The maximum Gasteiger partial charge on any atom is 0.416 e. The Morgan fingerprint density at radius 1 is 0.926 bits per heavy atom. The smallest absolute Gasteiger partial charge is 0.416 e. The highest BCUT2D eigenvalue weighted by Crippen LogP contribution is 2.53. The lowest BCUT2D eigenvalue weighted by Crippen LogP contribution is -2.51. The van der Waals surface area contributed by atoms with Crippen LogP contribution < -0.4 is 0 Å². The third-order valence-electron chi connectivity index (χ3n) is 4.98. The molecule has 1 amide bonds. The molecule has 0 spiro atoms. The Balaban J connectivity index is 1.89. The molecule has 0 heterocycles. The van der Waals surface area contributed by atoms with Gasteiger partial charge in [0.2, 0.25) is 0 Å². The zero-order chi connectivity index (χ0) is 20.0. The van der Waals surface area contributed by atoms with Gasteiger partial charge in [-0.1, -0.05) is 36.4 Å². The molecule has 0 unspecified atom stereocenters. The van der Waals surface area contributed by atoms with Gasteiger partial charge >= 0.3 is 12.3 Å². The third-order valence-corrected chi connectivity index (χ3v) is 4.98. The van der Waals surface area contributed by atoms with Crippen LogP contribution in [-0.4, -0.2) is 21.6 Å². The number of carbonyl (C=O) groups is 1. The van der Waals surface area contributed by atoms with Crippen LogP contribution in [0.5, 0.6) is 0 Å². The first-order valence-corrected chi connectivity index (χ1v) is 8.77. The van der Waals surface area contributed by atoms with Gasteiger partial charge in [-0.05, 0) is 62.4 Å². The number of nitrogens with zero attached hydrogens (tertiary/aromatic N) is 1. The van der Waals surface area contributed by atoms with Crippen LogP contribution in [0.2, 0.25) is 0 Å². The summed E-state index contributed by atoms with van der Waals surface area (Å²) >= 11 is 0. The van der Waals surface area contributed by atoms with Crippen molar-refractivity contribution in [3.05, 3.63) is 59.7 Å². The lowest BCUT2D eigenvalue weighted by atomic mass is 9.94. The summed E-state index contributed by atoms with van der Waals surface area (Å²) < 4.78 is 38.1. The zero-order valence-corrected chi connectivity index (χ0v) is 15.5. The van der Waals surface area contributed by atoms with E-state index in [4.69, 9.17) is 0 Å². The van der Waals surface area contributed by atoms with E-state index in [1.807, 2.05) is 45.0 Å². The van der Waals surface area contributed by atoms with E-state index in [2.05, 4.69) is 0 Å². The van der Waals surface area contributed by atoms with Crippen molar-refractivity contribution >= 4 is 6.09 Å². The van der Waals surface area contributed by atoms with Crippen molar-refractivity contribution in [2.45, 2.75) is 50.9 Å². The molecule has 1 aliphatic rings. The van der Waals surface area contributed by atoms with Crippen LogP contribution in [0.25, 0.3) is 11.1 Å². The average Bonchev–Trinajstić information content (AvgIpc) is 3.34. The standard InChI is InChI=1S/C21H22F3NO2/c1-19(2,3)25(18(26)27)20(12-13-20)16-8-4-14(5-9-16)15-6-10-17(11-7-15)21(22,23)24/h4-11H,12-13H2,1-3H3,(H,26,27). The minimum absolute atomic E-state index is 0.525. The van der Waals surface area contributed by atoms with Crippen molar-refractivity contribution in [3.63, 3.8) is 0 Å². The molecule has 3 nitrogen and oxygen atoms in total. The molecule has 3 rings (SSSR count). The van der Waals surface area contributed by atoms with Crippen molar-refractivity contribution in [1.82, 2.24) is 4.90 Å². The van der Waals surface area contributed by atoms with Crippen molar-refractivity contribution in [2.24, 2.45) is 0 Å². The second-order valence-electron chi connectivity index (χ2n) is 7.97. The first kappa shape index (κ1) is 19.3. The zero-order valence-electron chi connectivity index (χ0n) is 15.5. The number of halogens is 3. The molecule has 0 radical (unpaired) electrons. The summed E-state index contributed by atoms with van der Waals surface area (Å²) in [5.74, 6) is 0. The summed E-state index contributed by atoms with van der Waals surface area (Å²) in [6.45, 7) is 5.62. The van der Waals surface area contributed by atoms with E-state index in [1.54, 1.807) is 0 Å². The van der Waals surface area contributed by atoms with E-state index in [9.17, 15) is 23.1 Å².